The zero-order chi connectivity index (χ0) is 12.5. The van der Waals surface area contributed by atoms with Gasteiger partial charge in [-0.3, -0.25) is 4.79 Å². The van der Waals surface area contributed by atoms with E-state index in [-0.39, 0.29) is 5.91 Å². The highest BCUT2D eigenvalue weighted by Crippen LogP contribution is 2.38. The van der Waals surface area contributed by atoms with Gasteiger partial charge in [0, 0.05) is 24.4 Å². The summed E-state index contributed by atoms with van der Waals surface area (Å²) in [7, 11) is 0. The number of nitrogens with zero attached hydrogens (tertiary/aromatic N) is 2. The summed E-state index contributed by atoms with van der Waals surface area (Å²) < 4.78 is 0. The Hall–Kier alpha value is -1.38. The Morgan fingerprint density at radius 1 is 1.33 bits per heavy atom. The molecule has 3 heterocycles. The fourth-order valence-corrected chi connectivity index (χ4v) is 3.96. The van der Waals surface area contributed by atoms with Gasteiger partial charge in [-0.2, -0.15) is 5.26 Å². The van der Waals surface area contributed by atoms with E-state index >= 15 is 0 Å². The van der Waals surface area contributed by atoms with Crippen LogP contribution in [0, 0.1) is 11.3 Å². The smallest absolute Gasteiger partial charge is 0.227 e. The topological polar surface area (TPSA) is 56.1 Å². The summed E-state index contributed by atoms with van der Waals surface area (Å²) in [6.07, 6.45) is 3.53. The van der Waals surface area contributed by atoms with Gasteiger partial charge in [0.05, 0.1) is 5.56 Å². The molecule has 0 radical (unpaired) electrons. The maximum atomic E-state index is 12.0. The Labute approximate surface area is 110 Å². The molecule has 1 aromatic rings. The number of anilines is 1. The predicted octanol–water partition coefficient (Wildman–Crippen LogP) is 1.78. The van der Waals surface area contributed by atoms with Crippen molar-refractivity contribution in [3.05, 3.63) is 16.0 Å². The number of nitrogens with one attached hydrogen (secondary N) is 1. The first-order valence-electron chi connectivity index (χ1n) is 6.37. The van der Waals surface area contributed by atoms with E-state index in [0.717, 1.165) is 55.0 Å². The molecule has 4 nitrogen and oxygen atoms in total. The van der Waals surface area contributed by atoms with Gasteiger partial charge in [0.25, 0.3) is 0 Å². The van der Waals surface area contributed by atoms with Crippen molar-refractivity contribution in [2.45, 2.75) is 32.2 Å². The van der Waals surface area contributed by atoms with Crippen LogP contribution < -0.4 is 10.2 Å². The molecule has 1 aromatic heterocycles. The molecular weight excluding hydrogens is 246 g/mol. The lowest BCUT2D eigenvalue weighted by molar-refractivity contribution is -0.119. The van der Waals surface area contributed by atoms with Crippen LogP contribution in [0.15, 0.2) is 0 Å². The Morgan fingerprint density at radius 2 is 2.22 bits per heavy atom. The van der Waals surface area contributed by atoms with Crippen LogP contribution in [0.5, 0.6) is 0 Å². The van der Waals surface area contributed by atoms with E-state index < -0.39 is 0 Å². The molecule has 1 N–H and O–H groups in total. The van der Waals surface area contributed by atoms with Gasteiger partial charge in [0.2, 0.25) is 5.91 Å². The average molecular weight is 261 g/mol. The lowest BCUT2D eigenvalue weighted by atomic mass is 10.0. The molecule has 0 unspecified atom stereocenters. The van der Waals surface area contributed by atoms with Crippen LogP contribution in [-0.4, -0.2) is 19.0 Å². The fraction of sp³-hybridized carbons (Fsp3) is 0.538. The van der Waals surface area contributed by atoms with Crippen molar-refractivity contribution in [2.24, 2.45) is 0 Å². The Morgan fingerprint density at radius 3 is 3.00 bits per heavy atom. The second-order valence-electron chi connectivity index (χ2n) is 4.73. The van der Waals surface area contributed by atoms with E-state index in [1.54, 1.807) is 11.3 Å². The van der Waals surface area contributed by atoms with Crippen LogP contribution in [0.4, 0.5) is 5.00 Å². The third-order valence-electron chi connectivity index (χ3n) is 3.59. The number of nitriles is 1. The molecule has 0 atom stereocenters. The SMILES string of the molecule is N#Cc1c(N2CCCCC2=O)sc2c1CCNC2. The molecule has 0 bridgehead atoms. The van der Waals surface area contributed by atoms with Crippen molar-refractivity contribution in [3.63, 3.8) is 0 Å². The van der Waals surface area contributed by atoms with Crippen molar-refractivity contribution < 1.29 is 4.79 Å². The summed E-state index contributed by atoms with van der Waals surface area (Å²) in [5.41, 5.74) is 1.90. The molecule has 1 saturated heterocycles. The summed E-state index contributed by atoms with van der Waals surface area (Å²) in [6, 6.07) is 2.31. The van der Waals surface area contributed by atoms with E-state index in [0.29, 0.717) is 6.42 Å². The van der Waals surface area contributed by atoms with Gasteiger partial charge in [0.15, 0.2) is 0 Å². The Kier molecular flexibility index (Phi) is 3.06. The first-order valence-corrected chi connectivity index (χ1v) is 7.18. The minimum absolute atomic E-state index is 0.171. The number of piperidine rings is 1. The maximum absolute atomic E-state index is 12.0. The average Bonchev–Trinajstić information content (AvgIpc) is 2.77. The molecule has 2 aliphatic rings. The molecule has 5 heteroatoms. The highest BCUT2D eigenvalue weighted by Gasteiger charge is 2.28. The van der Waals surface area contributed by atoms with Gasteiger partial charge < -0.3 is 10.2 Å². The zero-order valence-corrected chi connectivity index (χ0v) is 11.0. The van der Waals surface area contributed by atoms with Crippen LogP contribution in [0.3, 0.4) is 0 Å². The second-order valence-corrected chi connectivity index (χ2v) is 5.81. The molecule has 1 fully saturated rings. The first kappa shape index (κ1) is 11.7. The van der Waals surface area contributed by atoms with Crippen LogP contribution in [0.2, 0.25) is 0 Å². The zero-order valence-electron chi connectivity index (χ0n) is 10.2. The van der Waals surface area contributed by atoms with Crippen molar-refractivity contribution in [2.75, 3.05) is 18.0 Å². The summed E-state index contributed by atoms with van der Waals surface area (Å²) in [6.45, 7) is 2.52. The van der Waals surface area contributed by atoms with Gasteiger partial charge in [-0.15, -0.1) is 11.3 Å². The van der Waals surface area contributed by atoms with E-state index in [1.807, 2.05) is 4.90 Å². The van der Waals surface area contributed by atoms with Gasteiger partial charge in [-0.1, -0.05) is 0 Å². The maximum Gasteiger partial charge on any atom is 0.227 e. The number of carbonyl (C=O) groups is 1. The Balaban J connectivity index is 2.03. The van der Waals surface area contributed by atoms with E-state index in [1.165, 1.54) is 4.88 Å². The second kappa shape index (κ2) is 4.71. The summed E-state index contributed by atoms with van der Waals surface area (Å²) in [5.74, 6) is 0.171. The number of amides is 1. The van der Waals surface area contributed by atoms with E-state index in [2.05, 4.69) is 11.4 Å². The molecule has 1 amide bonds. The Bertz CT molecular complexity index is 529. The third-order valence-corrected chi connectivity index (χ3v) is 4.84. The first-order chi connectivity index (χ1) is 8.81. The minimum atomic E-state index is 0.171. The van der Waals surface area contributed by atoms with Gasteiger partial charge >= 0.3 is 0 Å². The highest BCUT2D eigenvalue weighted by molar-refractivity contribution is 7.16. The van der Waals surface area contributed by atoms with Gasteiger partial charge in [-0.25, -0.2) is 0 Å². The highest BCUT2D eigenvalue weighted by atomic mass is 32.1. The summed E-state index contributed by atoms with van der Waals surface area (Å²) in [5, 5.41) is 13.6. The molecule has 18 heavy (non-hydrogen) atoms. The summed E-state index contributed by atoms with van der Waals surface area (Å²) >= 11 is 1.62. The number of fused-ring (bicyclic) bond motifs is 1. The fourth-order valence-electron chi connectivity index (χ4n) is 2.65. The van der Waals surface area contributed by atoms with Crippen molar-refractivity contribution in [1.82, 2.24) is 5.32 Å². The van der Waals surface area contributed by atoms with Gasteiger partial charge in [-0.05, 0) is 31.4 Å². The van der Waals surface area contributed by atoms with Crippen molar-refractivity contribution in [3.8, 4) is 6.07 Å². The molecule has 2 aliphatic heterocycles. The monoisotopic (exact) mass is 261 g/mol. The number of hydrogen-bond donors (Lipinski definition) is 1. The lowest BCUT2D eigenvalue weighted by Gasteiger charge is -2.25. The van der Waals surface area contributed by atoms with Crippen LogP contribution in [0.1, 0.15) is 35.3 Å². The van der Waals surface area contributed by atoms with Crippen LogP contribution in [0.25, 0.3) is 0 Å². The lowest BCUT2D eigenvalue weighted by Crippen LogP contribution is -2.35. The largest absolute Gasteiger partial charge is 0.312 e. The van der Waals surface area contributed by atoms with E-state index in [9.17, 15) is 10.1 Å². The third kappa shape index (κ3) is 1.82. The van der Waals surface area contributed by atoms with Crippen LogP contribution in [-0.2, 0) is 17.8 Å². The molecule has 94 valence electrons. The number of carbonyl (C=O) groups excluding carboxylic acids is 1. The van der Waals surface area contributed by atoms with E-state index in [4.69, 9.17) is 0 Å². The number of hydrogen-bond acceptors (Lipinski definition) is 4. The van der Waals surface area contributed by atoms with Crippen molar-refractivity contribution >= 4 is 22.2 Å². The number of thiophene rings is 1. The molecule has 0 aliphatic carbocycles. The molecular formula is C13H15N3OS. The van der Waals surface area contributed by atoms with Crippen molar-refractivity contribution in [1.29, 1.82) is 5.26 Å². The molecule has 0 saturated carbocycles. The number of rotatable bonds is 1. The quantitative estimate of drug-likeness (QED) is 0.838. The minimum Gasteiger partial charge on any atom is -0.312 e. The molecule has 3 rings (SSSR count). The van der Waals surface area contributed by atoms with Crippen LogP contribution >= 0.6 is 11.3 Å². The van der Waals surface area contributed by atoms with Gasteiger partial charge in [0.1, 0.15) is 11.1 Å². The molecule has 0 aromatic carbocycles. The normalized spacial score (nSPS) is 19.5. The molecule has 0 spiro atoms. The summed E-state index contributed by atoms with van der Waals surface area (Å²) in [4.78, 5) is 15.0. The standard InChI is InChI=1S/C13H15N3OS/c14-7-10-9-4-5-15-8-11(9)18-13(10)16-6-2-1-3-12(16)17/h15H,1-6,8H2. The predicted molar refractivity (Wildman–Crippen MR) is 70.6 cm³/mol.